The number of benzene rings is 2. The minimum absolute atomic E-state index is 0.0346. The number of hydrogen-bond donors (Lipinski definition) is 1. The molecule has 110 valence electrons. The van der Waals surface area contributed by atoms with Crippen LogP contribution in [0.3, 0.4) is 0 Å². The summed E-state index contributed by atoms with van der Waals surface area (Å²) >= 11 is 0. The largest absolute Gasteiger partial charge is 0.508 e. The predicted molar refractivity (Wildman–Crippen MR) is 82.4 cm³/mol. The van der Waals surface area contributed by atoms with Gasteiger partial charge in [0.15, 0.2) is 0 Å². The lowest BCUT2D eigenvalue weighted by atomic mass is 10.0. The molecule has 0 fully saturated rings. The Morgan fingerprint density at radius 2 is 1.86 bits per heavy atom. The highest BCUT2D eigenvalue weighted by Gasteiger charge is 2.12. The van der Waals surface area contributed by atoms with Gasteiger partial charge in [0.1, 0.15) is 5.75 Å². The first-order chi connectivity index (χ1) is 10.1. The maximum Gasteiger partial charge on any atom is 0.253 e. The fraction of sp³-hybridized carbons (Fsp3) is 0.235. The highest BCUT2D eigenvalue weighted by Crippen LogP contribution is 2.23. The van der Waals surface area contributed by atoms with Gasteiger partial charge in [-0.15, -0.1) is 0 Å². The standard InChI is InChI=1S/C17H19NO3/c1-18(10-11-21-2)17(20)15-5-3-4-14(12-15)13-6-8-16(19)9-7-13/h3-9,12,19H,10-11H2,1-2H3. The van der Waals surface area contributed by atoms with Crippen molar-refractivity contribution in [3.63, 3.8) is 0 Å². The van der Waals surface area contributed by atoms with Crippen molar-refractivity contribution in [3.05, 3.63) is 54.1 Å². The fourth-order valence-corrected chi connectivity index (χ4v) is 2.04. The molecule has 1 amide bonds. The third-order valence-electron chi connectivity index (χ3n) is 3.29. The molecule has 0 heterocycles. The van der Waals surface area contributed by atoms with E-state index in [1.807, 2.05) is 30.3 Å². The number of phenols is 1. The van der Waals surface area contributed by atoms with E-state index in [2.05, 4.69) is 0 Å². The van der Waals surface area contributed by atoms with Gasteiger partial charge in [0.05, 0.1) is 6.61 Å². The third kappa shape index (κ3) is 3.83. The average molecular weight is 285 g/mol. The van der Waals surface area contributed by atoms with Gasteiger partial charge in [-0.25, -0.2) is 0 Å². The van der Waals surface area contributed by atoms with E-state index in [-0.39, 0.29) is 11.7 Å². The van der Waals surface area contributed by atoms with Crippen molar-refractivity contribution in [3.8, 4) is 16.9 Å². The van der Waals surface area contributed by atoms with Crippen LogP contribution < -0.4 is 0 Å². The molecule has 0 aliphatic carbocycles. The molecule has 0 atom stereocenters. The minimum Gasteiger partial charge on any atom is -0.508 e. The normalized spacial score (nSPS) is 10.4. The van der Waals surface area contributed by atoms with Crippen molar-refractivity contribution < 1.29 is 14.6 Å². The van der Waals surface area contributed by atoms with Crippen LogP contribution in [0, 0.1) is 0 Å². The summed E-state index contributed by atoms with van der Waals surface area (Å²) in [5.74, 6) is 0.193. The maximum absolute atomic E-state index is 12.3. The SMILES string of the molecule is COCCN(C)C(=O)c1cccc(-c2ccc(O)cc2)c1. The van der Waals surface area contributed by atoms with Gasteiger partial charge in [0.25, 0.3) is 5.91 Å². The molecule has 2 rings (SSSR count). The number of carbonyl (C=O) groups excluding carboxylic acids is 1. The first kappa shape index (κ1) is 15.1. The van der Waals surface area contributed by atoms with Crippen LogP contribution in [-0.2, 0) is 4.74 Å². The molecule has 0 aliphatic heterocycles. The van der Waals surface area contributed by atoms with Gasteiger partial charge >= 0.3 is 0 Å². The van der Waals surface area contributed by atoms with Gasteiger partial charge in [0, 0.05) is 26.3 Å². The molecule has 0 spiro atoms. The number of carbonyl (C=O) groups is 1. The molecular weight excluding hydrogens is 266 g/mol. The molecule has 0 aromatic heterocycles. The van der Waals surface area contributed by atoms with Crippen molar-refractivity contribution in [2.24, 2.45) is 0 Å². The van der Waals surface area contributed by atoms with Crippen LogP contribution in [0.5, 0.6) is 5.75 Å². The number of likely N-dealkylation sites (N-methyl/N-ethyl adjacent to an activating group) is 1. The van der Waals surface area contributed by atoms with Gasteiger partial charge in [0.2, 0.25) is 0 Å². The first-order valence-corrected chi connectivity index (χ1v) is 6.75. The summed E-state index contributed by atoms with van der Waals surface area (Å²) < 4.78 is 4.99. The smallest absolute Gasteiger partial charge is 0.253 e. The molecule has 0 saturated carbocycles. The van der Waals surface area contributed by atoms with Crippen LogP contribution >= 0.6 is 0 Å². The second-order valence-corrected chi connectivity index (χ2v) is 4.85. The number of methoxy groups -OCH3 is 1. The van der Waals surface area contributed by atoms with E-state index >= 15 is 0 Å². The van der Waals surface area contributed by atoms with Crippen molar-refractivity contribution >= 4 is 5.91 Å². The Hall–Kier alpha value is -2.33. The number of hydrogen-bond acceptors (Lipinski definition) is 3. The third-order valence-corrected chi connectivity index (χ3v) is 3.29. The monoisotopic (exact) mass is 285 g/mol. The number of phenolic OH excluding ortho intramolecular Hbond substituents is 1. The number of ether oxygens (including phenoxy) is 1. The van der Waals surface area contributed by atoms with E-state index < -0.39 is 0 Å². The summed E-state index contributed by atoms with van der Waals surface area (Å²) in [6.45, 7) is 1.07. The van der Waals surface area contributed by atoms with Gasteiger partial charge in [-0.05, 0) is 35.4 Å². The predicted octanol–water partition coefficient (Wildman–Crippen LogP) is 2.78. The number of aromatic hydroxyl groups is 1. The molecule has 2 aromatic carbocycles. The summed E-state index contributed by atoms with van der Waals surface area (Å²) in [4.78, 5) is 14.0. The molecule has 1 N–H and O–H groups in total. The molecule has 4 heteroatoms. The van der Waals surface area contributed by atoms with Crippen molar-refractivity contribution in [1.29, 1.82) is 0 Å². The Balaban J connectivity index is 2.21. The Kier molecular flexibility index (Phi) is 4.95. The molecule has 0 radical (unpaired) electrons. The van der Waals surface area contributed by atoms with Gasteiger partial charge in [-0.3, -0.25) is 4.79 Å². The highest BCUT2D eigenvalue weighted by molar-refractivity contribution is 5.95. The molecule has 0 bridgehead atoms. The van der Waals surface area contributed by atoms with E-state index in [0.717, 1.165) is 11.1 Å². The summed E-state index contributed by atoms with van der Waals surface area (Å²) in [6.07, 6.45) is 0. The Bertz CT molecular complexity index is 608. The zero-order chi connectivity index (χ0) is 15.2. The van der Waals surface area contributed by atoms with Crippen LogP contribution in [0.2, 0.25) is 0 Å². The summed E-state index contributed by atoms with van der Waals surface area (Å²) in [7, 11) is 3.37. The quantitative estimate of drug-likeness (QED) is 0.919. The molecule has 0 unspecified atom stereocenters. The topological polar surface area (TPSA) is 49.8 Å². The summed E-state index contributed by atoms with van der Waals surface area (Å²) in [5.41, 5.74) is 2.54. The minimum atomic E-state index is -0.0346. The van der Waals surface area contributed by atoms with Crippen LogP contribution in [0.15, 0.2) is 48.5 Å². The lowest BCUT2D eigenvalue weighted by molar-refractivity contribution is 0.0744. The van der Waals surface area contributed by atoms with E-state index in [0.29, 0.717) is 18.7 Å². The average Bonchev–Trinajstić information content (AvgIpc) is 2.52. The van der Waals surface area contributed by atoms with Crippen LogP contribution in [0.1, 0.15) is 10.4 Å². The molecule has 0 saturated heterocycles. The first-order valence-electron chi connectivity index (χ1n) is 6.75. The molecule has 21 heavy (non-hydrogen) atoms. The number of rotatable bonds is 5. The second kappa shape index (κ2) is 6.90. The van der Waals surface area contributed by atoms with Crippen molar-refractivity contribution in [2.45, 2.75) is 0 Å². The highest BCUT2D eigenvalue weighted by atomic mass is 16.5. The maximum atomic E-state index is 12.3. The molecule has 2 aromatic rings. The summed E-state index contributed by atoms with van der Waals surface area (Å²) in [5, 5.41) is 9.33. The van der Waals surface area contributed by atoms with Crippen LogP contribution in [-0.4, -0.2) is 43.2 Å². The number of nitrogens with zero attached hydrogens (tertiary/aromatic N) is 1. The van der Waals surface area contributed by atoms with E-state index in [4.69, 9.17) is 4.74 Å². The second-order valence-electron chi connectivity index (χ2n) is 4.85. The van der Waals surface area contributed by atoms with Crippen molar-refractivity contribution in [2.75, 3.05) is 27.3 Å². The zero-order valence-corrected chi connectivity index (χ0v) is 12.2. The molecule has 4 nitrogen and oxygen atoms in total. The zero-order valence-electron chi connectivity index (χ0n) is 12.2. The number of amides is 1. The summed E-state index contributed by atoms with van der Waals surface area (Å²) in [6, 6.07) is 14.4. The Labute approximate surface area is 124 Å². The molecular formula is C17H19NO3. The fourth-order valence-electron chi connectivity index (χ4n) is 2.04. The van der Waals surface area contributed by atoms with Crippen LogP contribution in [0.4, 0.5) is 0 Å². The van der Waals surface area contributed by atoms with Crippen LogP contribution in [0.25, 0.3) is 11.1 Å². The Morgan fingerprint density at radius 3 is 2.52 bits per heavy atom. The van der Waals surface area contributed by atoms with E-state index in [1.165, 1.54) is 0 Å². The molecule has 0 aliphatic rings. The van der Waals surface area contributed by atoms with E-state index in [1.54, 1.807) is 37.3 Å². The lowest BCUT2D eigenvalue weighted by Crippen LogP contribution is -2.29. The van der Waals surface area contributed by atoms with Crippen molar-refractivity contribution in [1.82, 2.24) is 4.90 Å². The van der Waals surface area contributed by atoms with Gasteiger partial charge in [-0.2, -0.15) is 0 Å². The van der Waals surface area contributed by atoms with Gasteiger partial charge in [-0.1, -0.05) is 24.3 Å². The van der Waals surface area contributed by atoms with Gasteiger partial charge < -0.3 is 14.7 Å². The van der Waals surface area contributed by atoms with E-state index in [9.17, 15) is 9.90 Å². The lowest BCUT2D eigenvalue weighted by Gasteiger charge is -2.17. The Morgan fingerprint density at radius 1 is 1.14 bits per heavy atom.